The Morgan fingerprint density at radius 3 is 2.36 bits per heavy atom. The first-order valence-corrected chi connectivity index (χ1v) is 7.47. The van der Waals surface area contributed by atoms with Crippen molar-refractivity contribution in [2.45, 2.75) is 38.6 Å². The van der Waals surface area contributed by atoms with Gasteiger partial charge in [0.15, 0.2) is 6.61 Å². The Labute approximate surface area is 129 Å². The summed E-state index contributed by atoms with van der Waals surface area (Å²) in [6.07, 6.45) is -4.51. The van der Waals surface area contributed by atoms with Crippen LogP contribution in [0.3, 0.4) is 0 Å². The Morgan fingerprint density at radius 2 is 1.86 bits per heavy atom. The molecule has 0 unspecified atom stereocenters. The zero-order chi connectivity index (χ0) is 17.1. The molecule has 0 saturated carbocycles. The average Bonchev–Trinajstić information content (AvgIpc) is 2.34. The van der Waals surface area contributed by atoms with Gasteiger partial charge in [0.05, 0.1) is 5.71 Å². The van der Waals surface area contributed by atoms with Crippen molar-refractivity contribution in [3.8, 4) is 5.75 Å². The summed E-state index contributed by atoms with van der Waals surface area (Å²) in [5.74, 6) is -0.809. The van der Waals surface area contributed by atoms with Crippen molar-refractivity contribution in [2.24, 2.45) is 4.40 Å². The molecule has 22 heavy (non-hydrogen) atoms. The van der Waals surface area contributed by atoms with Crippen LogP contribution in [0.2, 0.25) is 0 Å². The number of rotatable bonds is 4. The molecule has 0 amide bonds. The molecular weight excluding hydrogens is 322 g/mol. The van der Waals surface area contributed by atoms with E-state index in [2.05, 4.69) is 9.13 Å². The van der Waals surface area contributed by atoms with Gasteiger partial charge in [0.1, 0.15) is 27.7 Å². The van der Waals surface area contributed by atoms with Crippen LogP contribution in [0.1, 0.15) is 33.3 Å². The molecule has 1 aromatic carbocycles. The van der Waals surface area contributed by atoms with E-state index in [1.165, 1.54) is 6.92 Å². The number of halogens is 4. The first-order chi connectivity index (χ1) is 9.90. The summed E-state index contributed by atoms with van der Waals surface area (Å²) < 4.78 is 70.0. The predicted molar refractivity (Wildman–Crippen MR) is 78.1 cm³/mol. The van der Waals surface area contributed by atoms with E-state index >= 15 is 0 Å². The highest BCUT2D eigenvalue weighted by molar-refractivity contribution is 7.91. The minimum absolute atomic E-state index is 0.0434. The van der Waals surface area contributed by atoms with Crippen molar-refractivity contribution < 1.29 is 26.9 Å². The molecule has 0 fully saturated rings. The summed E-state index contributed by atoms with van der Waals surface area (Å²) in [5, 5.41) is 0. The van der Waals surface area contributed by atoms with Gasteiger partial charge in [-0.3, -0.25) is 0 Å². The topological polar surface area (TPSA) is 44.7 Å². The first kappa shape index (κ1) is 18.8. The zero-order valence-electron chi connectivity index (χ0n) is 12.6. The van der Waals surface area contributed by atoms with Gasteiger partial charge < -0.3 is 9.29 Å². The quantitative estimate of drug-likeness (QED) is 0.472. The third-order valence-electron chi connectivity index (χ3n) is 2.47. The van der Waals surface area contributed by atoms with Gasteiger partial charge in [-0.15, -0.1) is 0 Å². The Hall–Kier alpha value is -1.28. The van der Waals surface area contributed by atoms with Crippen LogP contribution >= 0.6 is 0 Å². The second kappa shape index (κ2) is 6.87. The van der Waals surface area contributed by atoms with Crippen molar-refractivity contribution in [3.05, 3.63) is 29.6 Å². The summed E-state index contributed by atoms with van der Waals surface area (Å²) in [5.41, 5.74) is 0.187. The van der Waals surface area contributed by atoms with Crippen LogP contribution in [-0.4, -0.2) is 27.8 Å². The van der Waals surface area contributed by atoms with Gasteiger partial charge in [-0.25, -0.2) is 4.39 Å². The number of ether oxygens (including phenoxy) is 1. The normalized spacial score (nSPS) is 14.9. The lowest BCUT2D eigenvalue weighted by atomic mass is 10.1. The summed E-state index contributed by atoms with van der Waals surface area (Å²) in [4.78, 5) is 0. The standard InChI is InChI=1S/C14H17F4NO2S/c1-9(19-22(20)13(2,3)4)11-7-10(15)5-6-12(11)21-8-14(16,17)18/h5-7H,8H2,1-4H3/b19-9+/t22-/m0/s1. The van der Waals surface area contributed by atoms with E-state index in [9.17, 15) is 22.1 Å². The van der Waals surface area contributed by atoms with Crippen molar-refractivity contribution in [3.63, 3.8) is 0 Å². The second-order valence-corrected chi connectivity index (χ2v) is 7.49. The smallest absolute Gasteiger partial charge is 0.422 e. The molecule has 124 valence electrons. The third kappa shape index (κ3) is 5.84. The predicted octanol–water partition coefficient (Wildman–Crippen LogP) is 4.04. The summed E-state index contributed by atoms with van der Waals surface area (Å²) >= 11 is -1.62. The lowest BCUT2D eigenvalue weighted by Crippen LogP contribution is -2.27. The molecule has 0 spiro atoms. The van der Waals surface area contributed by atoms with E-state index in [1.54, 1.807) is 20.8 Å². The van der Waals surface area contributed by atoms with E-state index in [1.807, 2.05) is 0 Å². The highest BCUT2D eigenvalue weighted by atomic mass is 32.2. The molecule has 8 heteroatoms. The first-order valence-electron chi connectivity index (χ1n) is 6.37. The molecule has 0 aromatic heterocycles. The molecule has 1 atom stereocenters. The number of hydrogen-bond donors (Lipinski definition) is 0. The van der Waals surface area contributed by atoms with Crippen molar-refractivity contribution in [2.75, 3.05) is 6.61 Å². The molecule has 3 nitrogen and oxygen atoms in total. The second-order valence-electron chi connectivity index (χ2n) is 5.58. The monoisotopic (exact) mass is 339 g/mol. The van der Waals surface area contributed by atoms with Crippen molar-refractivity contribution in [1.82, 2.24) is 0 Å². The SMILES string of the molecule is C/C(=N\[S@@+]([O-])C(C)(C)C)c1cc(F)ccc1OCC(F)(F)F. The lowest BCUT2D eigenvalue weighted by Gasteiger charge is -2.19. The Balaban J connectivity index is 3.11. The van der Waals surface area contributed by atoms with E-state index in [-0.39, 0.29) is 17.0 Å². The summed E-state index contributed by atoms with van der Waals surface area (Å²) in [7, 11) is 0. The molecule has 1 aromatic rings. The van der Waals surface area contributed by atoms with Crippen LogP contribution in [0.4, 0.5) is 17.6 Å². The minimum atomic E-state index is -4.51. The maximum atomic E-state index is 13.3. The van der Waals surface area contributed by atoms with Gasteiger partial charge in [-0.2, -0.15) is 13.2 Å². The van der Waals surface area contributed by atoms with Gasteiger partial charge in [-0.05, 0) is 45.9 Å². The fourth-order valence-electron chi connectivity index (χ4n) is 1.38. The molecule has 0 bridgehead atoms. The van der Waals surface area contributed by atoms with Gasteiger partial charge in [0, 0.05) is 5.56 Å². The molecule has 0 aliphatic carbocycles. The van der Waals surface area contributed by atoms with Crippen LogP contribution < -0.4 is 4.74 Å². The lowest BCUT2D eigenvalue weighted by molar-refractivity contribution is -0.153. The fraction of sp³-hybridized carbons (Fsp3) is 0.500. The Kier molecular flexibility index (Phi) is 5.86. The summed E-state index contributed by atoms with van der Waals surface area (Å²) in [6, 6.07) is 3.09. The molecule has 0 saturated heterocycles. The molecule has 0 aliphatic heterocycles. The Bertz CT molecular complexity index is 553. The highest BCUT2D eigenvalue weighted by Gasteiger charge is 2.30. The van der Waals surface area contributed by atoms with E-state index in [0.717, 1.165) is 18.2 Å². The number of benzene rings is 1. The Morgan fingerprint density at radius 1 is 1.27 bits per heavy atom. The van der Waals surface area contributed by atoms with Crippen LogP contribution in [0.5, 0.6) is 5.75 Å². The number of alkyl halides is 3. The van der Waals surface area contributed by atoms with Crippen molar-refractivity contribution >= 4 is 17.1 Å². The molecule has 0 radical (unpaired) electrons. The zero-order valence-corrected chi connectivity index (χ0v) is 13.4. The summed E-state index contributed by atoms with van der Waals surface area (Å²) in [6.45, 7) is 5.05. The average molecular weight is 339 g/mol. The molecule has 0 N–H and O–H groups in total. The molecule has 1 rings (SSSR count). The van der Waals surface area contributed by atoms with Gasteiger partial charge >= 0.3 is 6.18 Å². The minimum Gasteiger partial charge on any atom is -0.591 e. The maximum Gasteiger partial charge on any atom is 0.422 e. The largest absolute Gasteiger partial charge is 0.591 e. The van der Waals surface area contributed by atoms with E-state index in [4.69, 9.17) is 0 Å². The van der Waals surface area contributed by atoms with Crippen LogP contribution in [0, 0.1) is 5.82 Å². The molecule has 0 heterocycles. The van der Waals surface area contributed by atoms with Gasteiger partial charge in [0.25, 0.3) is 0 Å². The highest BCUT2D eigenvalue weighted by Crippen LogP contribution is 2.25. The maximum absolute atomic E-state index is 13.3. The van der Waals surface area contributed by atoms with Gasteiger partial charge in [0.2, 0.25) is 0 Å². The van der Waals surface area contributed by atoms with E-state index in [0.29, 0.717) is 0 Å². The van der Waals surface area contributed by atoms with E-state index < -0.39 is 34.7 Å². The number of nitrogens with zero attached hydrogens (tertiary/aromatic N) is 1. The van der Waals surface area contributed by atoms with Crippen LogP contribution in [0.15, 0.2) is 22.6 Å². The fourth-order valence-corrected chi connectivity index (χ4v) is 2.00. The van der Waals surface area contributed by atoms with Crippen LogP contribution in [0.25, 0.3) is 0 Å². The van der Waals surface area contributed by atoms with Gasteiger partial charge in [-0.1, -0.05) is 4.40 Å². The molecule has 0 aliphatic rings. The molecular formula is C14H17F4NO2S. The van der Waals surface area contributed by atoms with Crippen molar-refractivity contribution in [1.29, 1.82) is 0 Å². The van der Waals surface area contributed by atoms with Crippen LogP contribution in [-0.2, 0) is 11.4 Å². The third-order valence-corrected chi connectivity index (χ3v) is 3.95. The number of hydrogen-bond acceptors (Lipinski definition) is 3.